The van der Waals surface area contributed by atoms with Crippen LogP contribution in [0.1, 0.15) is 103 Å². The number of hydrogen-bond donors (Lipinski definition) is 1. The molecule has 0 saturated heterocycles. The summed E-state index contributed by atoms with van der Waals surface area (Å²) in [4.78, 5) is 50.3. The maximum atomic E-state index is 12.8. The summed E-state index contributed by atoms with van der Waals surface area (Å²) >= 11 is 0. The number of ether oxygens (including phenoxy) is 4. The third-order valence-corrected chi connectivity index (χ3v) is 8.57. The van der Waals surface area contributed by atoms with Crippen LogP contribution in [-0.2, 0) is 44.7 Å². The normalized spacial score (nSPS) is 14.3. The van der Waals surface area contributed by atoms with E-state index in [1.54, 1.807) is 13.8 Å². The van der Waals surface area contributed by atoms with Crippen molar-refractivity contribution in [1.29, 1.82) is 0 Å². The van der Waals surface area contributed by atoms with Gasteiger partial charge in [0.05, 0.1) is 17.4 Å². The Hall–Kier alpha value is -3.72. The molecule has 0 spiro atoms. The number of carbonyl (C=O) groups excluding carboxylic acids is 4. The van der Waals surface area contributed by atoms with Crippen LogP contribution in [0.15, 0.2) is 60.7 Å². The van der Waals surface area contributed by atoms with Gasteiger partial charge in [-0.3, -0.25) is 19.2 Å². The van der Waals surface area contributed by atoms with Gasteiger partial charge in [-0.25, -0.2) is 0 Å². The molecule has 0 fully saturated rings. The van der Waals surface area contributed by atoms with E-state index < -0.39 is 22.8 Å². The molecular weight excluding hydrogens is 588 g/mol. The lowest BCUT2D eigenvalue weighted by atomic mass is 9.88. The molecule has 3 unspecified atom stereocenters. The Kier molecular flexibility index (Phi) is 17.1. The topological polar surface area (TPSA) is 125 Å². The molecule has 0 amide bonds. The van der Waals surface area contributed by atoms with Gasteiger partial charge in [0.25, 0.3) is 0 Å². The number of rotatable bonds is 22. The van der Waals surface area contributed by atoms with Crippen LogP contribution in [0.3, 0.4) is 0 Å². The number of esters is 4. The van der Waals surface area contributed by atoms with Gasteiger partial charge in [0.15, 0.2) is 0 Å². The standard InChI is InChI=1S/C37H52O9/c1-5-36(3,27-46-33(40)22-21-31(23-24-38)30-18-12-8-13-19-30)34(41)43-25-15-9-14-20-32(39)45-28-37(4,6-2)35(42)44-26-29-16-10-7-11-17-29/h7-8,10-13,16-19,31,38H,5-6,9,14-15,20-28H2,1-4H3. The highest BCUT2D eigenvalue weighted by atomic mass is 16.6. The van der Waals surface area contributed by atoms with E-state index in [9.17, 15) is 24.3 Å². The minimum Gasteiger partial charge on any atom is -0.465 e. The van der Waals surface area contributed by atoms with Crippen molar-refractivity contribution in [3.05, 3.63) is 71.8 Å². The van der Waals surface area contributed by atoms with E-state index in [-0.39, 0.29) is 63.7 Å². The molecule has 2 aromatic carbocycles. The highest BCUT2D eigenvalue weighted by molar-refractivity contribution is 5.78. The largest absolute Gasteiger partial charge is 0.465 e. The molecule has 9 heteroatoms. The van der Waals surface area contributed by atoms with E-state index in [0.717, 1.165) is 11.1 Å². The quantitative estimate of drug-likeness (QED) is 0.0850. The summed E-state index contributed by atoms with van der Waals surface area (Å²) < 4.78 is 21.8. The van der Waals surface area contributed by atoms with Gasteiger partial charge in [0.1, 0.15) is 19.8 Å². The number of benzene rings is 2. The maximum absolute atomic E-state index is 12.8. The Morgan fingerprint density at radius 2 is 1.22 bits per heavy atom. The molecule has 2 rings (SSSR count). The van der Waals surface area contributed by atoms with E-state index in [4.69, 9.17) is 18.9 Å². The first-order chi connectivity index (χ1) is 22.1. The van der Waals surface area contributed by atoms with E-state index in [0.29, 0.717) is 44.9 Å². The van der Waals surface area contributed by atoms with Crippen molar-refractivity contribution >= 4 is 23.9 Å². The van der Waals surface area contributed by atoms with Gasteiger partial charge >= 0.3 is 23.9 Å². The SMILES string of the molecule is CCC(C)(COC(=O)CCC(CCO)c1ccccc1)C(=O)OCCCCCC(=O)OCC(C)(CC)C(=O)OCc1ccccc1. The summed E-state index contributed by atoms with van der Waals surface area (Å²) in [5.74, 6) is -1.56. The Morgan fingerprint density at radius 3 is 1.78 bits per heavy atom. The molecule has 0 aromatic heterocycles. The zero-order valence-electron chi connectivity index (χ0n) is 28.0. The fourth-order valence-electron chi connectivity index (χ4n) is 4.67. The van der Waals surface area contributed by atoms with Gasteiger partial charge in [-0.1, -0.05) is 74.5 Å². The van der Waals surface area contributed by atoms with Crippen LogP contribution in [-0.4, -0.2) is 55.4 Å². The van der Waals surface area contributed by atoms with Gasteiger partial charge < -0.3 is 24.1 Å². The zero-order chi connectivity index (χ0) is 33.8. The van der Waals surface area contributed by atoms with Crippen molar-refractivity contribution in [3.63, 3.8) is 0 Å². The molecule has 0 aliphatic carbocycles. The fourth-order valence-corrected chi connectivity index (χ4v) is 4.67. The summed E-state index contributed by atoms with van der Waals surface area (Å²) in [6.45, 7) is 7.42. The molecule has 0 saturated carbocycles. The molecule has 0 bridgehead atoms. The highest BCUT2D eigenvalue weighted by Crippen LogP contribution is 2.27. The van der Waals surface area contributed by atoms with E-state index in [2.05, 4.69) is 0 Å². The fraction of sp³-hybridized carbons (Fsp3) is 0.568. The average molecular weight is 641 g/mol. The number of unbranched alkanes of at least 4 members (excludes halogenated alkanes) is 2. The number of aliphatic hydroxyl groups is 1. The molecule has 0 heterocycles. The van der Waals surface area contributed by atoms with Gasteiger partial charge in [0, 0.05) is 19.4 Å². The van der Waals surface area contributed by atoms with Crippen LogP contribution in [0, 0.1) is 10.8 Å². The smallest absolute Gasteiger partial charge is 0.315 e. The van der Waals surface area contributed by atoms with Crippen LogP contribution >= 0.6 is 0 Å². The van der Waals surface area contributed by atoms with Crippen molar-refractivity contribution in [1.82, 2.24) is 0 Å². The van der Waals surface area contributed by atoms with Crippen molar-refractivity contribution in [2.75, 3.05) is 26.4 Å². The highest BCUT2D eigenvalue weighted by Gasteiger charge is 2.36. The molecule has 254 valence electrons. The minimum absolute atomic E-state index is 0.0325. The Balaban J connectivity index is 1.64. The predicted octanol–water partition coefficient (Wildman–Crippen LogP) is 6.70. The average Bonchev–Trinajstić information content (AvgIpc) is 3.08. The van der Waals surface area contributed by atoms with Crippen molar-refractivity contribution in [3.8, 4) is 0 Å². The van der Waals surface area contributed by atoms with E-state index in [1.807, 2.05) is 74.5 Å². The van der Waals surface area contributed by atoms with Crippen molar-refractivity contribution < 1.29 is 43.2 Å². The first kappa shape index (κ1) is 38.5. The van der Waals surface area contributed by atoms with Gasteiger partial charge in [0.2, 0.25) is 0 Å². The molecule has 2 aromatic rings. The second kappa shape index (κ2) is 20.4. The van der Waals surface area contributed by atoms with Gasteiger partial charge in [-0.2, -0.15) is 0 Å². The molecule has 9 nitrogen and oxygen atoms in total. The predicted molar refractivity (Wildman–Crippen MR) is 174 cm³/mol. The summed E-state index contributed by atoms with van der Waals surface area (Å²) in [5, 5.41) is 9.42. The van der Waals surface area contributed by atoms with Crippen LogP contribution in [0.25, 0.3) is 0 Å². The van der Waals surface area contributed by atoms with Crippen LogP contribution in [0.2, 0.25) is 0 Å². The summed E-state index contributed by atoms with van der Waals surface area (Å²) in [6.07, 6.45) is 4.17. The van der Waals surface area contributed by atoms with Gasteiger partial charge in [-0.15, -0.1) is 0 Å². The molecule has 46 heavy (non-hydrogen) atoms. The summed E-state index contributed by atoms with van der Waals surface area (Å²) in [5.41, 5.74) is 0.0684. The summed E-state index contributed by atoms with van der Waals surface area (Å²) in [6, 6.07) is 19.2. The maximum Gasteiger partial charge on any atom is 0.315 e. The van der Waals surface area contributed by atoms with Gasteiger partial charge in [-0.05, 0) is 75.8 Å². The number of aliphatic hydroxyl groups excluding tert-OH is 1. The number of carbonyl (C=O) groups is 4. The van der Waals surface area contributed by atoms with Crippen molar-refractivity contribution in [2.24, 2.45) is 10.8 Å². The van der Waals surface area contributed by atoms with E-state index in [1.165, 1.54) is 0 Å². The molecule has 0 aliphatic rings. The third-order valence-electron chi connectivity index (χ3n) is 8.57. The lowest BCUT2D eigenvalue weighted by Crippen LogP contribution is -2.35. The molecular formula is C37H52O9. The van der Waals surface area contributed by atoms with E-state index >= 15 is 0 Å². The first-order valence-electron chi connectivity index (χ1n) is 16.4. The zero-order valence-corrected chi connectivity index (χ0v) is 28.0. The third kappa shape index (κ3) is 13.3. The van der Waals surface area contributed by atoms with Crippen LogP contribution in [0.4, 0.5) is 0 Å². The van der Waals surface area contributed by atoms with Crippen LogP contribution in [0.5, 0.6) is 0 Å². The molecule has 0 aliphatic heterocycles. The lowest BCUT2D eigenvalue weighted by molar-refractivity contribution is -0.165. The Labute approximate surface area is 274 Å². The second-order valence-corrected chi connectivity index (χ2v) is 12.3. The summed E-state index contributed by atoms with van der Waals surface area (Å²) in [7, 11) is 0. The second-order valence-electron chi connectivity index (χ2n) is 12.3. The first-order valence-corrected chi connectivity index (χ1v) is 16.4. The Bertz CT molecular complexity index is 1200. The molecule has 0 radical (unpaired) electrons. The molecule has 3 atom stereocenters. The monoisotopic (exact) mass is 640 g/mol. The van der Waals surface area contributed by atoms with Crippen LogP contribution < -0.4 is 0 Å². The minimum atomic E-state index is -0.961. The molecule has 1 N–H and O–H groups in total. The lowest BCUT2D eigenvalue weighted by Gasteiger charge is -2.25. The Morgan fingerprint density at radius 1 is 0.674 bits per heavy atom. The van der Waals surface area contributed by atoms with Crippen molar-refractivity contribution in [2.45, 2.75) is 98.0 Å². The number of hydrogen-bond acceptors (Lipinski definition) is 9.